The number of carbonyl (C=O) groups is 1. The van der Waals surface area contributed by atoms with Gasteiger partial charge in [0.15, 0.2) is 5.13 Å². The van der Waals surface area contributed by atoms with Crippen molar-refractivity contribution >= 4 is 56.0 Å². The van der Waals surface area contributed by atoms with Crippen molar-refractivity contribution in [2.24, 2.45) is 0 Å². The number of rotatable bonds is 5. The first kappa shape index (κ1) is 23.4. The van der Waals surface area contributed by atoms with E-state index in [9.17, 15) is 9.59 Å². The molecular formula is C24H24ClN3O4S. The average Bonchev–Trinajstić information content (AvgIpc) is 3.25. The van der Waals surface area contributed by atoms with Crippen LogP contribution in [-0.4, -0.2) is 55.2 Å². The maximum atomic E-state index is 13.6. The molecule has 33 heavy (non-hydrogen) atoms. The summed E-state index contributed by atoms with van der Waals surface area (Å²) in [6.07, 6.45) is 0. The van der Waals surface area contributed by atoms with E-state index in [1.807, 2.05) is 37.3 Å². The summed E-state index contributed by atoms with van der Waals surface area (Å²) >= 11 is 1.46. The summed E-state index contributed by atoms with van der Waals surface area (Å²) in [7, 11) is 0. The van der Waals surface area contributed by atoms with Gasteiger partial charge in [0.1, 0.15) is 11.1 Å². The minimum absolute atomic E-state index is 0. The first-order valence-electron chi connectivity index (χ1n) is 10.6. The summed E-state index contributed by atoms with van der Waals surface area (Å²) in [5, 5.41) is 1.30. The van der Waals surface area contributed by atoms with Gasteiger partial charge in [0.2, 0.25) is 0 Å². The third-order valence-corrected chi connectivity index (χ3v) is 6.74. The SMILES string of the molecule is Cc1cccc2sc(N(CCN3CCOCC3)C(=O)c3cc4ccccc4oc3=O)nc12.Cl. The van der Waals surface area contributed by atoms with Crippen molar-refractivity contribution in [2.75, 3.05) is 44.3 Å². The number of ether oxygens (including phenoxy) is 1. The number of thiazole rings is 1. The van der Waals surface area contributed by atoms with E-state index in [0.717, 1.165) is 28.9 Å². The molecule has 172 valence electrons. The number of aromatic nitrogens is 1. The normalized spacial score (nSPS) is 14.3. The van der Waals surface area contributed by atoms with E-state index < -0.39 is 11.5 Å². The number of anilines is 1. The molecule has 0 radical (unpaired) electrons. The van der Waals surface area contributed by atoms with Crippen LogP contribution in [0.25, 0.3) is 21.2 Å². The molecule has 0 N–H and O–H groups in total. The topological polar surface area (TPSA) is 75.9 Å². The molecular weight excluding hydrogens is 462 g/mol. The summed E-state index contributed by atoms with van der Waals surface area (Å²) in [5.41, 5.74) is 1.77. The number of fused-ring (bicyclic) bond motifs is 2. The zero-order chi connectivity index (χ0) is 22.1. The van der Waals surface area contributed by atoms with E-state index in [2.05, 4.69) is 4.90 Å². The lowest BCUT2D eigenvalue weighted by Crippen LogP contribution is -2.44. The Hall–Kier alpha value is -2.78. The number of hydrogen-bond acceptors (Lipinski definition) is 7. The molecule has 4 aromatic rings. The van der Waals surface area contributed by atoms with Crippen LogP contribution in [0.3, 0.4) is 0 Å². The number of carbonyl (C=O) groups excluding carboxylic acids is 1. The quantitative estimate of drug-likeness (QED) is 0.396. The summed E-state index contributed by atoms with van der Waals surface area (Å²) in [4.78, 5) is 34.9. The van der Waals surface area contributed by atoms with Crippen molar-refractivity contribution < 1.29 is 13.9 Å². The lowest BCUT2D eigenvalue weighted by Gasteiger charge is -2.29. The Kier molecular flexibility index (Phi) is 7.09. The molecule has 0 spiro atoms. The second kappa shape index (κ2) is 10.0. The Morgan fingerprint density at radius 2 is 1.94 bits per heavy atom. The zero-order valence-corrected chi connectivity index (χ0v) is 19.8. The minimum atomic E-state index is -0.637. The fourth-order valence-electron chi connectivity index (χ4n) is 3.90. The monoisotopic (exact) mass is 485 g/mol. The van der Waals surface area contributed by atoms with Crippen LogP contribution >= 0.6 is 23.7 Å². The third kappa shape index (κ3) is 4.79. The molecule has 2 aromatic heterocycles. The van der Waals surface area contributed by atoms with Gasteiger partial charge >= 0.3 is 5.63 Å². The van der Waals surface area contributed by atoms with Crippen LogP contribution in [0.1, 0.15) is 15.9 Å². The number of halogens is 1. The van der Waals surface area contributed by atoms with E-state index in [-0.39, 0.29) is 18.0 Å². The lowest BCUT2D eigenvalue weighted by atomic mass is 10.1. The smallest absolute Gasteiger partial charge is 0.349 e. The van der Waals surface area contributed by atoms with Crippen LogP contribution in [0.5, 0.6) is 0 Å². The van der Waals surface area contributed by atoms with Gasteiger partial charge in [-0.05, 0) is 30.7 Å². The largest absolute Gasteiger partial charge is 0.422 e. The highest BCUT2D eigenvalue weighted by Gasteiger charge is 2.26. The van der Waals surface area contributed by atoms with Crippen LogP contribution in [0.15, 0.2) is 57.7 Å². The fourth-order valence-corrected chi connectivity index (χ4v) is 4.96. The van der Waals surface area contributed by atoms with Gasteiger partial charge in [0.25, 0.3) is 5.91 Å². The molecule has 0 atom stereocenters. The summed E-state index contributed by atoms with van der Waals surface area (Å²) in [6, 6.07) is 14.8. The molecule has 0 unspecified atom stereocenters. The van der Waals surface area contributed by atoms with Crippen molar-refractivity contribution in [1.82, 2.24) is 9.88 Å². The predicted molar refractivity (Wildman–Crippen MR) is 133 cm³/mol. The standard InChI is InChI=1S/C24H23N3O4S.ClH/c1-16-5-4-8-20-21(16)25-24(32-20)27(10-9-26-11-13-30-14-12-26)22(28)18-15-17-6-2-3-7-19(17)31-23(18)29;/h2-8,15H,9-14H2,1H3;1H. The molecule has 2 aromatic carbocycles. The van der Waals surface area contributed by atoms with Gasteiger partial charge in [-0.25, -0.2) is 9.78 Å². The number of para-hydroxylation sites is 2. The summed E-state index contributed by atoms with van der Waals surface area (Å²) < 4.78 is 11.9. The predicted octanol–water partition coefficient (Wildman–Crippen LogP) is 4.11. The average molecular weight is 486 g/mol. The summed E-state index contributed by atoms with van der Waals surface area (Å²) in [5.74, 6) is -0.394. The number of aryl methyl sites for hydroxylation is 1. The molecule has 1 fully saturated rings. The van der Waals surface area contributed by atoms with Gasteiger partial charge in [0.05, 0.1) is 23.4 Å². The van der Waals surface area contributed by atoms with E-state index in [0.29, 0.717) is 42.4 Å². The highest BCUT2D eigenvalue weighted by atomic mass is 35.5. The Labute approximate surface area is 201 Å². The minimum Gasteiger partial charge on any atom is -0.422 e. The zero-order valence-electron chi connectivity index (χ0n) is 18.2. The molecule has 5 rings (SSSR count). The van der Waals surface area contributed by atoms with Gasteiger partial charge in [-0.2, -0.15) is 0 Å². The molecule has 0 bridgehead atoms. The van der Waals surface area contributed by atoms with Gasteiger partial charge in [0, 0.05) is 31.6 Å². The van der Waals surface area contributed by atoms with Crippen LogP contribution in [0.2, 0.25) is 0 Å². The van der Waals surface area contributed by atoms with Gasteiger partial charge in [-0.1, -0.05) is 41.7 Å². The lowest BCUT2D eigenvalue weighted by molar-refractivity contribution is 0.0391. The molecule has 7 nitrogen and oxygen atoms in total. The number of morpholine rings is 1. The van der Waals surface area contributed by atoms with E-state index in [1.54, 1.807) is 23.1 Å². The molecule has 1 aliphatic rings. The molecule has 0 aliphatic carbocycles. The van der Waals surface area contributed by atoms with Crippen LogP contribution in [0, 0.1) is 6.92 Å². The highest BCUT2D eigenvalue weighted by molar-refractivity contribution is 7.22. The molecule has 1 saturated heterocycles. The number of benzene rings is 2. The Morgan fingerprint density at radius 3 is 2.73 bits per heavy atom. The Bertz CT molecular complexity index is 1350. The van der Waals surface area contributed by atoms with Crippen LogP contribution in [-0.2, 0) is 4.74 Å². The first-order chi connectivity index (χ1) is 15.6. The van der Waals surface area contributed by atoms with Crippen molar-refractivity contribution in [3.8, 4) is 0 Å². The van der Waals surface area contributed by atoms with E-state index in [4.69, 9.17) is 14.1 Å². The number of nitrogens with zero attached hydrogens (tertiary/aromatic N) is 3. The van der Waals surface area contributed by atoms with Gasteiger partial charge in [-0.15, -0.1) is 12.4 Å². The van der Waals surface area contributed by atoms with E-state index in [1.165, 1.54) is 11.3 Å². The highest BCUT2D eigenvalue weighted by Crippen LogP contribution is 2.31. The fraction of sp³-hybridized carbons (Fsp3) is 0.292. The Balaban J connectivity index is 0.00000259. The van der Waals surface area contributed by atoms with E-state index >= 15 is 0 Å². The molecule has 0 saturated carbocycles. The molecule has 1 amide bonds. The second-order valence-electron chi connectivity index (χ2n) is 7.81. The van der Waals surface area contributed by atoms with Crippen molar-refractivity contribution in [2.45, 2.75) is 6.92 Å². The van der Waals surface area contributed by atoms with Crippen molar-refractivity contribution in [3.05, 3.63) is 70.1 Å². The second-order valence-corrected chi connectivity index (χ2v) is 8.82. The van der Waals surface area contributed by atoms with Crippen molar-refractivity contribution in [1.29, 1.82) is 0 Å². The van der Waals surface area contributed by atoms with Crippen molar-refractivity contribution in [3.63, 3.8) is 0 Å². The van der Waals surface area contributed by atoms with Crippen LogP contribution in [0.4, 0.5) is 5.13 Å². The van der Waals surface area contributed by atoms with Crippen LogP contribution < -0.4 is 10.5 Å². The maximum Gasteiger partial charge on any atom is 0.349 e. The molecule has 1 aliphatic heterocycles. The summed E-state index contributed by atoms with van der Waals surface area (Å²) in [6.45, 7) is 6.10. The first-order valence-corrected chi connectivity index (χ1v) is 11.4. The molecule has 3 heterocycles. The number of amides is 1. The third-order valence-electron chi connectivity index (χ3n) is 5.70. The van der Waals surface area contributed by atoms with Gasteiger partial charge in [-0.3, -0.25) is 14.6 Å². The molecule has 9 heteroatoms. The van der Waals surface area contributed by atoms with Gasteiger partial charge < -0.3 is 9.15 Å². The Morgan fingerprint density at radius 1 is 1.15 bits per heavy atom. The maximum absolute atomic E-state index is 13.6. The number of hydrogen-bond donors (Lipinski definition) is 0.